The summed E-state index contributed by atoms with van der Waals surface area (Å²) in [6, 6.07) is 4.90. The van der Waals surface area contributed by atoms with Gasteiger partial charge in [0, 0.05) is 24.5 Å². The first kappa shape index (κ1) is 18.6. The summed E-state index contributed by atoms with van der Waals surface area (Å²) in [4.78, 5) is 26.9. The van der Waals surface area contributed by atoms with Crippen molar-refractivity contribution in [3.8, 4) is 5.75 Å². The van der Waals surface area contributed by atoms with Gasteiger partial charge in [0.05, 0.1) is 21.1 Å². The number of carbonyl (C=O) groups is 1. The maximum absolute atomic E-state index is 12.5. The molecular formula is C15H10BrF2N5O4. The largest absolute Gasteiger partial charge is 0.487 e. The SMILES string of the molecule is O=C(Nc1cc(OCC(F)F)cc([N+](=O)[O-])c1)c1nn2cccnc2c1Br. The topological polar surface area (TPSA) is 112 Å². The van der Waals surface area contributed by atoms with Gasteiger partial charge in [-0.05, 0) is 22.0 Å². The van der Waals surface area contributed by atoms with Gasteiger partial charge in [-0.2, -0.15) is 5.10 Å². The van der Waals surface area contributed by atoms with Crippen LogP contribution in [0.4, 0.5) is 20.2 Å². The zero-order chi connectivity index (χ0) is 19.6. The van der Waals surface area contributed by atoms with E-state index >= 15 is 0 Å². The van der Waals surface area contributed by atoms with Crippen LogP contribution in [0.3, 0.4) is 0 Å². The van der Waals surface area contributed by atoms with Crippen molar-refractivity contribution in [2.75, 3.05) is 11.9 Å². The molecule has 0 aliphatic rings. The number of fused-ring (bicyclic) bond motifs is 1. The summed E-state index contributed by atoms with van der Waals surface area (Å²) < 4.78 is 31.1. The van der Waals surface area contributed by atoms with Crippen molar-refractivity contribution in [3.63, 3.8) is 0 Å². The number of halogens is 3. The van der Waals surface area contributed by atoms with E-state index < -0.39 is 29.6 Å². The van der Waals surface area contributed by atoms with E-state index in [9.17, 15) is 23.7 Å². The fraction of sp³-hybridized carbons (Fsp3) is 0.133. The number of hydrogen-bond acceptors (Lipinski definition) is 6. The maximum atomic E-state index is 12.5. The second-order valence-corrected chi connectivity index (χ2v) is 5.97. The van der Waals surface area contributed by atoms with Crippen LogP contribution in [0.15, 0.2) is 41.1 Å². The average molecular weight is 442 g/mol. The number of carbonyl (C=O) groups excluding carboxylic acids is 1. The Labute approximate surface area is 158 Å². The van der Waals surface area contributed by atoms with Crippen molar-refractivity contribution < 1.29 is 23.2 Å². The van der Waals surface area contributed by atoms with E-state index in [1.54, 1.807) is 12.3 Å². The molecule has 140 valence electrons. The van der Waals surface area contributed by atoms with Crippen molar-refractivity contribution >= 4 is 38.9 Å². The van der Waals surface area contributed by atoms with Gasteiger partial charge in [-0.15, -0.1) is 0 Å². The molecular weight excluding hydrogens is 432 g/mol. The first-order valence-corrected chi connectivity index (χ1v) is 8.15. The van der Waals surface area contributed by atoms with Crippen LogP contribution in [-0.4, -0.2) is 38.5 Å². The summed E-state index contributed by atoms with van der Waals surface area (Å²) in [6.07, 6.45) is 0.369. The highest BCUT2D eigenvalue weighted by molar-refractivity contribution is 9.10. The number of nitrogens with zero attached hydrogens (tertiary/aromatic N) is 4. The van der Waals surface area contributed by atoms with Crippen LogP contribution in [0.1, 0.15) is 10.5 Å². The van der Waals surface area contributed by atoms with E-state index in [2.05, 4.69) is 31.3 Å². The van der Waals surface area contributed by atoms with Crippen LogP contribution in [0.2, 0.25) is 0 Å². The van der Waals surface area contributed by atoms with Gasteiger partial charge in [-0.25, -0.2) is 18.3 Å². The number of alkyl halides is 2. The fourth-order valence-electron chi connectivity index (χ4n) is 2.20. The fourth-order valence-corrected chi connectivity index (χ4v) is 2.74. The number of hydrogen-bond donors (Lipinski definition) is 1. The molecule has 0 fully saturated rings. The minimum absolute atomic E-state index is 0.00428. The van der Waals surface area contributed by atoms with Crippen LogP contribution in [0.5, 0.6) is 5.75 Å². The summed E-state index contributed by atoms with van der Waals surface area (Å²) in [5.41, 5.74) is -0.0268. The number of rotatable bonds is 6. The molecule has 0 saturated heterocycles. The molecule has 0 bridgehead atoms. The quantitative estimate of drug-likeness (QED) is 0.463. The van der Waals surface area contributed by atoms with Gasteiger partial charge >= 0.3 is 0 Å². The lowest BCUT2D eigenvalue weighted by Crippen LogP contribution is -2.14. The van der Waals surface area contributed by atoms with Gasteiger partial charge in [0.2, 0.25) is 0 Å². The van der Waals surface area contributed by atoms with Gasteiger partial charge < -0.3 is 10.1 Å². The van der Waals surface area contributed by atoms with Gasteiger partial charge in [0.15, 0.2) is 11.3 Å². The third-order valence-corrected chi connectivity index (χ3v) is 4.02. The Morgan fingerprint density at radius 2 is 2.19 bits per heavy atom. The zero-order valence-corrected chi connectivity index (χ0v) is 14.9. The Kier molecular flexibility index (Phi) is 5.26. The molecule has 1 amide bonds. The second-order valence-electron chi connectivity index (χ2n) is 5.18. The summed E-state index contributed by atoms with van der Waals surface area (Å²) in [7, 11) is 0. The molecule has 0 spiro atoms. The first-order chi connectivity index (χ1) is 12.8. The number of benzene rings is 1. The first-order valence-electron chi connectivity index (χ1n) is 7.36. The second kappa shape index (κ2) is 7.61. The van der Waals surface area contributed by atoms with Crippen molar-refractivity contribution in [1.82, 2.24) is 14.6 Å². The van der Waals surface area contributed by atoms with Gasteiger partial charge in [-0.1, -0.05) is 0 Å². The third-order valence-electron chi connectivity index (χ3n) is 3.29. The Bertz CT molecular complexity index is 1030. The van der Waals surface area contributed by atoms with E-state index in [-0.39, 0.29) is 17.1 Å². The summed E-state index contributed by atoms with van der Waals surface area (Å²) in [6.45, 7) is -0.932. The molecule has 0 aliphatic carbocycles. The number of non-ortho nitro benzene ring substituents is 1. The standard InChI is InChI=1S/C15H10BrF2N5O4/c16-12-13(21-22-3-1-2-19-14(12)22)15(24)20-8-4-9(23(25)26)6-10(5-8)27-7-11(17)18/h1-6,11H,7H2,(H,20,24). The number of nitrogens with one attached hydrogen (secondary N) is 1. The van der Waals surface area contributed by atoms with Crippen molar-refractivity contribution in [2.45, 2.75) is 6.43 Å². The van der Waals surface area contributed by atoms with E-state index in [1.807, 2.05) is 0 Å². The van der Waals surface area contributed by atoms with Crippen LogP contribution in [-0.2, 0) is 0 Å². The van der Waals surface area contributed by atoms with Crippen LogP contribution >= 0.6 is 15.9 Å². The van der Waals surface area contributed by atoms with Gasteiger partial charge in [0.1, 0.15) is 12.4 Å². The van der Waals surface area contributed by atoms with Crippen LogP contribution in [0.25, 0.3) is 5.65 Å². The van der Waals surface area contributed by atoms with E-state index in [0.717, 1.165) is 12.1 Å². The lowest BCUT2D eigenvalue weighted by atomic mass is 10.2. The molecule has 12 heteroatoms. The molecule has 27 heavy (non-hydrogen) atoms. The Morgan fingerprint density at radius 3 is 2.85 bits per heavy atom. The summed E-state index contributed by atoms with van der Waals surface area (Å²) in [5.74, 6) is -0.844. The molecule has 1 N–H and O–H groups in total. The Hall–Kier alpha value is -3.15. The Balaban J connectivity index is 1.89. The zero-order valence-electron chi connectivity index (χ0n) is 13.3. The molecule has 0 aliphatic heterocycles. The molecule has 0 atom stereocenters. The van der Waals surface area contributed by atoms with E-state index in [0.29, 0.717) is 10.1 Å². The van der Waals surface area contributed by atoms with Gasteiger partial charge in [-0.3, -0.25) is 14.9 Å². The van der Waals surface area contributed by atoms with Crippen molar-refractivity contribution in [1.29, 1.82) is 0 Å². The van der Waals surface area contributed by atoms with Crippen LogP contribution < -0.4 is 10.1 Å². The molecule has 3 rings (SSSR count). The maximum Gasteiger partial charge on any atom is 0.277 e. The van der Waals surface area contributed by atoms with Crippen molar-refractivity contribution in [3.05, 3.63) is 56.9 Å². The number of amides is 1. The number of nitro benzene ring substituents is 1. The average Bonchev–Trinajstić information content (AvgIpc) is 2.97. The number of anilines is 1. The van der Waals surface area contributed by atoms with Gasteiger partial charge in [0.25, 0.3) is 18.0 Å². The molecule has 0 unspecified atom stereocenters. The monoisotopic (exact) mass is 441 g/mol. The van der Waals surface area contributed by atoms with Crippen molar-refractivity contribution in [2.24, 2.45) is 0 Å². The van der Waals surface area contributed by atoms with Crippen LogP contribution in [0, 0.1) is 10.1 Å². The van der Waals surface area contributed by atoms with E-state index in [4.69, 9.17) is 4.74 Å². The molecule has 3 aromatic rings. The summed E-state index contributed by atoms with van der Waals surface area (Å²) in [5, 5.41) is 17.5. The molecule has 0 saturated carbocycles. The molecule has 0 radical (unpaired) electrons. The highest BCUT2D eigenvalue weighted by atomic mass is 79.9. The number of aromatic nitrogens is 3. The predicted molar refractivity (Wildman–Crippen MR) is 93.2 cm³/mol. The molecule has 9 nitrogen and oxygen atoms in total. The molecule has 2 aromatic heterocycles. The lowest BCUT2D eigenvalue weighted by molar-refractivity contribution is -0.384. The highest BCUT2D eigenvalue weighted by Crippen LogP contribution is 2.28. The lowest BCUT2D eigenvalue weighted by Gasteiger charge is -2.09. The molecule has 1 aromatic carbocycles. The normalized spacial score (nSPS) is 11.0. The number of ether oxygens (including phenoxy) is 1. The predicted octanol–water partition coefficient (Wildman–Crippen LogP) is 3.30. The molecule has 2 heterocycles. The minimum atomic E-state index is -2.75. The summed E-state index contributed by atoms with van der Waals surface area (Å²) >= 11 is 3.24. The third kappa shape index (κ3) is 4.16. The smallest absolute Gasteiger partial charge is 0.277 e. The highest BCUT2D eigenvalue weighted by Gasteiger charge is 2.20. The number of nitro groups is 1. The van der Waals surface area contributed by atoms with E-state index in [1.165, 1.54) is 16.8 Å². The Morgan fingerprint density at radius 1 is 1.41 bits per heavy atom. The minimum Gasteiger partial charge on any atom is -0.487 e.